The van der Waals surface area contributed by atoms with Gasteiger partial charge in [-0.25, -0.2) is 15.0 Å². The van der Waals surface area contributed by atoms with Crippen LogP contribution in [0.5, 0.6) is 5.75 Å². The molecule has 2 fully saturated rings. The summed E-state index contributed by atoms with van der Waals surface area (Å²) in [6.45, 7) is 0. The van der Waals surface area contributed by atoms with Crippen molar-refractivity contribution >= 4 is 17.4 Å². The van der Waals surface area contributed by atoms with Crippen LogP contribution >= 0.6 is 0 Å². The molecule has 3 aromatic heterocycles. The van der Waals surface area contributed by atoms with Crippen molar-refractivity contribution in [3.63, 3.8) is 0 Å². The Balaban J connectivity index is 1.48. The minimum Gasteiger partial charge on any atom is -0.497 e. The van der Waals surface area contributed by atoms with Gasteiger partial charge in [-0.1, -0.05) is 12.8 Å². The van der Waals surface area contributed by atoms with Gasteiger partial charge in [0.1, 0.15) is 11.4 Å². The predicted octanol–water partition coefficient (Wildman–Crippen LogP) is 4.79. The van der Waals surface area contributed by atoms with Gasteiger partial charge in [-0.15, -0.1) is 0 Å². The molecular formula is C25H27N7O. The number of aromatic nitrogens is 5. The predicted molar refractivity (Wildman–Crippen MR) is 129 cm³/mol. The SMILES string of the molecule is COc1ccc(-c2nn3c(NC4CC4)nccc3c2-c2ccnc(NC3CCCC3)n2)cc1. The molecule has 0 radical (unpaired) electrons. The standard InChI is InChI=1S/C25H27N7O/c1-33-19-10-6-16(7-11-19)23-22(20-12-14-26-24(30-20)28-17-4-2-3-5-17)21-13-15-27-25(32(21)31-23)29-18-8-9-18/h6-7,10-15,17-18H,2-5,8-9H2,1H3,(H,27,29)(H,26,28,30). The van der Waals surface area contributed by atoms with Crippen molar-refractivity contribution in [3.8, 4) is 28.3 Å². The smallest absolute Gasteiger partial charge is 0.224 e. The lowest BCUT2D eigenvalue weighted by Gasteiger charge is -2.12. The number of anilines is 2. The highest BCUT2D eigenvalue weighted by Crippen LogP contribution is 2.36. The molecule has 2 N–H and O–H groups in total. The number of hydrogen-bond acceptors (Lipinski definition) is 7. The van der Waals surface area contributed by atoms with Gasteiger partial charge >= 0.3 is 0 Å². The average Bonchev–Trinajstić information content (AvgIpc) is 3.35. The summed E-state index contributed by atoms with van der Waals surface area (Å²) in [6, 6.07) is 12.9. The van der Waals surface area contributed by atoms with E-state index in [9.17, 15) is 0 Å². The average molecular weight is 442 g/mol. The van der Waals surface area contributed by atoms with E-state index in [4.69, 9.17) is 14.8 Å². The molecule has 0 saturated heterocycles. The third-order valence-electron chi connectivity index (χ3n) is 6.43. The Morgan fingerprint density at radius 1 is 0.879 bits per heavy atom. The van der Waals surface area contributed by atoms with Gasteiger partial charge in [0.05, 0.1) is 23.9 Å². The van der Waals surface area contributed by atoms with Crippen LogP contribution in [0, 0.1) is 0 Å². The minimum atomic E-state index is 0.448. The Hall–Kier alpha value is -3.68. The van der Waals surface area contributed by atoms with Crippen molar-refractivity contribution in [2.24, 2.45) is 0 Å². The summed E-state index contributed by atoms with van der Waals surface area (Å²) in [4.78, 5) is 14.0. The second kappa shape index (κ2) is 8.35. The summed E-state index contributed by atoms with van der Waals surface area (Å²) in [5.74, 6) is 2.24. The van der Waals surface area contributed by atoms with Crippen molar-refractivity contribution in [1.82, 2.24) is 24.6 Å². The number of benzene rings is 1. The summed E-state index contributed by atoms with van der Waals surface area (Å²) < 4.78 is 7.26. The van der Waals surface area contributed by atoms with Crippen LogP contribution in [0.4, 0.5) is 11.9 Å². The maximum Gasteiger partial charge on any atom is 0.224 e. The Morgan fingerprint density at radius 3 is 2.39 bits per heavy atom. The number of rotatable bonds is 7. The van der Waals surface area contributed by atoms with E-state index < -0.39 is 0 Å². The zero-order valence-electron chi connectivity index (χ0n) is 18.7. The van der Waals surface area contributed by atoms with Gasteiger partial charge in [0.25, 0.3) is 0 Å². The van der Waals surface area contributed by atoms with Gasteiger partial charge in [-0.2, -0.15) is 9.61 Å². The maximum absolute atomic E-state index is 5.35. The highest BCUT2D eigenvalue weighted by Gasteiger charge is 2.25. The van der Waals surface area contributed by atoms with E-state index in [1.165, 1.54) is 38.5 Å². The second-order valence-electron chi connectivity index (χ2n) is 8.83. The summed E-state index contributed by atoms with van der Waals surface area (Å²) in [5.41, 5.74) is 4.63. The van der Waals surface area contributed by atoms with Crippen LogP contribution in [-0.2, 0) is 0 Å². The molecule has 2 saturated carbocycles. The van der Waals surface area contributed by atoms with Crippen LogP contribution in [0.25, 0.3) is 28.0 Å². The van der Waals surface area contributed by atoms with Crippen molar-refractivity contribution in [2.45, 2.75) is 50.6 Å². The van der Waals surface area contributed by atoms with E-state index in [-0.39, 0.29) is 0 Å². The Kier molecular flexibility index (Phi) is 5.05. The quantitative estimate of drug-likeness (QED) is 0.426. The first-order valence-electron chi connectivity index (χ1n) is 11.7. The lowest BCUT2D eigenvalue weighted by atomic mass is 10.0. The molecule has 2 aliphatic carbocycles. The summed E-state index contributed by atoms with van der Waals surface area (Å²) in [6.07, 6.45) is 10.9. The van der Waals surface area contributed by atoms with Crippen LogP contribution in [0.15, 0.2) is 48.8 Å². The maximum atomic E-state index is 5.35. The molecule has 8 nitrogen and oxygen atoms in total. The van der Waals surface area contributed by atoms with E-state index in [1.807, 2.05) is 53.3 Å². The first-order chi connectivity index (χ1) is 16.3. The van der Waals surface area contributed by atoms with Crippen LogP contribution in [0.3, 0.4) is 0 Å². The summed E-state index contributed by atoms with van der Waals surface area (Å²) in [7, 11) is 1.67. The van der Waals surface area contributed by atoms with Gasteiger partial charge in [-0.05, 0) is 62.1 Å². The fraction of sp³-hybridized carbons (Fsp3) is 0.360. The fourth-order valence-electron chi connectivity index (χ4n) is 4.51. The Morgan fingerprint density at radius 2 is 1.64 bits per heavy atom. The highest BCUT2D eigenvalue weighted by molar-refractivity contribution is 5.91. The number of nitrogens with zero attached hydrogens (tertiary/aromatic N) is 5. The minimum absolute atomic E-state index is 0.448. The first kappa shape index (κ1) is 20.0. The van der Waals surface area contributed by atoms with Crippen LogP contribution < -0.4 is 15.4 Å². The van der Waals surface area contributed by atoms with Gasteiger partial charge in [-0.3, -0.25) is 0 Å². The van der Waals surface area contributed by atoms with E-state index in [0.29, 0.717) is 18.0 Å². The lowest BCUT2D eigenvalue weighted by molar-refractivity contribution is 0.415. The van der Waals surface area contributed by atoms with E-state index in [2.05, 4.69) is 20.6 Å². The number of methoxy groups -OCH3 is 1. The van der Waals surface area contributed by atoms with Gasteiger partial charge in [0.2, 0.25) is 11.9 Å². The fourth-order valence-corrected chi connectivity index (χ4v) is 4.51. The van der Waals surface area contributed by atoms with E-state index in [0.717, 1.165) is 39.7 Å². The summed E-state index contributed by atoms with van der Waals surface area (Å²) in [5, 5.41) is 12.0. The van der Waals surface area contributed by atoms with E-state index >= 15 is 0 Å². The number of hydrogen-bond donors (Lipinski definition) is 2. The lowest BCUT2D eigenvalue weighted by Crippen LogP contribution is -2.16. The second-order valence-corrected chi connectivity index (χ2v) is 8.83. The topological polar surface area (TPSA) is 89.3 Å². The van der Waals surface area contributed by atoms with Gasteiger partial charge < -0.3 is 15.4 Å². The molecule has 0 aliphatic heterocycles. The van der Waals surface area contributed by atoms with Gasteiger partial charge in [0, 0.05) is 30.0 Å². The van der Waals surface area contributed by atoms with Crippen LogP contribution in [0.2, 0.25) is 0 Å². The molecule has 3 heterocycles. The van der Waals surface area contributed by atoms with Crippen molar-refractivity contribution < 1.29 is 4.74 Å². The van der Waals surface area contributed by atoms with Crippen molar-refractivity contribution in [2.75, 3.05) is 17.7 Å². The molecule has 0 unspecified atom stereocenters. The molecule has 0 atom stereocenters. The van der Waals surface area contributed by atoms with Crippen LogP contribution in [-0.4, -0.2) is 43.8 Å². The van der Waals surface area contributed by atoms with Gasteiger partial charge in [0.15, 0.2) is 0 Å². The molecule has 0 spiro atoms. The molecule has 8 heteroatoms. The molecule has 0 amide bonds. The molecule has 4 aromatic rings. The van der Waals surface area contributed by atoms with Crippen LogP contribution in [0.1, 0.15) is 38.5 Å². The third kappa shape index (κ3) is 3.97. The third-order valence-corrected chi connectivity index (χ3v) is 6.43. The Labute approximate surface area is 192 Å². The van der Waals surface area contributed by atoms with E-state index in [1.54, 1.807) is 7.11 Å². The monoisotopic (exact) mass is 441 g/mol. The molecular weight excluding hydrogens is 414 g/mol. The summed E-state index contributed by atoms with van der Waals surface area (Å²) >= 11 is 0. The molecule has 2 aliphatic rings. The largest absolute Gasteiger partial charge is 0.497 e. The molecule has 0 bridgehead atoms. The molecule has 1 aromatic carbocycles. The first-order valence-corrected chi connectivity index (χ1v) is 11.7. The van der Waals surface area contributed by atoms with Crippen molar-refractivity contribution in [1.29, 1.82) is 0 Å². The normalized spacial score (nSPS) is 16.3. The molecule has 6 rings (SSSR count). The highest BCUT2D eigenvalue weighted by atomic mass is 16.5. The molecule has 168 valence electrons. The molecule has 33 heavy (non-hydrogen) atoms. The number of ether oxygens (including phenoxy) is 1. The number of fused-ring (bicyclic) bond motifs is 1. The zero-order valence-corrected chi connectivity index (χ0v) is 18.7. The number of nitrogens with one attached hydrogen (secondary N) is 2. The zero-order chi connectivity index (χ0) is 22.2. The Bertz CT molecular complexity index is 1270. The van der Waals surface area contributed by atoms with Crippen molar-refractivity contribution in [3.05, 3.63) is 48.8 Å².